The molecule has 8 heteroatoms. The Kier molecular flexibility index (Phi) is 5.05. The van der Waals surface area contributed by atoms with Gasteiger partial charge in [0.15, 0.2) is 0 Å². The first kappa shape index (κ1) is 16.0. The second kappa shape index (κ2) is 6.62. The Hall–Kier alpha value is -1.34. The Balaban J connectivity index is 2.24. The van der Waals surface area contributed by atoms with Crippen molar-refractivity contribution in [3.63, 3.8) is 0 Å². The second-order valence-electron chi connectivity index (χ2n) is 4.18. The van der Waals surface area contributed by atoms with Gasteiger partial charge in [-0.2, -0.15) is 13.2 Å². The van der Waals surface area contributed by atoms with E-state index in [1.54, 1.807) is 0 Å². The molecule has 0 aliphatic carbocycles. The van der Waals surface area contributed by atoms with Crippen molar-refractivity contribution < 1.29 is 13.2 Å². The molecule has 0 N–H and O–H groups in total. The molecule has 2 aromatic heterocycles. The maximum Gasteiger partial charge on any atom is 0.417 e. The van der Waals surface area contributed by atoms with Gasteiger partial charge in [-0.3, -0.25) is 0 Å². The van der Waals surface area contributed by atoms with E-state index in [-0.39, 0.29) is 0 Å². The molecule has 2 aromatic rings. The Bertz CT molecular complexity index is 617. The van der Waals surface area contributed by atoms with Crippen LogP contribution in [0.15, 0.2) is 34.7 Å². The molecule has 0 saturated heterocycles. The fourth-order valence-electron chi connectivity index (χ4n) is 1.63. The molecule has 2 heterocycles. The Labute approximate surface area is 129 Å². The number of hydrogen-bond acceptors (Lipinski definition) is 4. The van der Waals surface area contributed by atoms with E-state index in [9.17, 15) is 13.2 Å². The van der Waals surface area contributed by atoms with Crippen LogP contribution in [0.25, 0.3) is 0 Å². The number of aromatic nitrogens is 3. The van der Waals surface area contributed by atoms with E-state index >= 15 is 0 Å². The molecule has 21 heavy (non-hydrogen) atoms. The zero-order valence-electron chi connectivity index (χ0n) is 11.0. The summed E-state index contributed by atoms with van der Waals surface area (Å²) in [5, 5.41) is 1.40. The van der Waals surface area contributed by atoms with E-state index in [4.69, 9.17) is 11.6 Å². The minimum atomic E-state index is -4.39. The molecule has 0 amide bonds. The number of hydrogen-bond donors (Lipinski definition) is 0. The standard InChI is InChI=1S/C13H11ClF3N3S/c1-2-3-9-11(14)19-7-20-12(9)21-10-5-4-8(6-18-10)13(15,16)17/h4-7H,2-3H2,1H3. The third-order valence-electron chi connectivity index (χ3n) is 2.62. The van der Waals surface area contributed by atoms with Crippen molar-refractivity contribution in [3.8, 4) is 0 Å². The monoisotopic (exact) mass is 333 g/mol. The predicted molar refractivity (Wildman–Crippen MR) is 74.4 cm³/mol. The molecule has 0 aliphatic heterocycles. The highest BCUT2D eigenvalue weighted by Crippen LogP contribution is 2.33. The second-order valence-corrected chi connectivity index (χ2v) is 5.55. The summed E-state index contributed by atoms with van der Waals surface area (Å²) in [6.45, 7) is 1.99. The molecule has 0 bridgehead atoms. The van der Waals surface area contributed by atoms with Gasteiger partial charge < -0.3 is 0 Å². The Morgan fingerprint density at radius 2 is 1.95 bits per heavy atom. The summed E-state index contributed by atoms with van der Waals surface area (Å²) in [5.74, 6) is 0. The molecule has 2 rings (SSSR count). The van der Waals surface area contributed by atoms with Gasteiger partial charge in [0.1, 0.15) is 21.5 Å². The van der Waals surface area contributed by atoms with Gasteiger partial charge in [0.25, 0.3) is 0 Å². The van der Waals surface area contributed by atoms with Gasteiger partial charge in [-0.15, -0.1) is 0 Å². The van der Waals surface area contributed by atoms with Crippen LogP contribution in [-0.4, -0.2) is 15.0 Å². The third kappa shape index (κ3) is 4.07. The first-order valence-electron chi connectivity index (χ1n) is 6.12. The summed E-state index contributed by atoms with van der Waals surface area (Å²) in [5.41, 5.74) is 0.00900. The zero-order valence-corrected chi connectivity index (χ0v) is 12.6. The molecule has 0 atom stereocenters. The predicted octanol–water partition coefficient (Wildman–Crippen LogP) is 4.65. The van der Waals surface area contributed by atoms with Crippen molar-refractivity contribution in [1.29, 1.82) is 0 Å². The quantitative estimate of drug-likeness (QED) is 0.764. The summed E-state index contributed by atoms with van der Waals surface area (Å²) in [4.78, 5) is 11.9. The van der Waals surface area contributed by atoms with Crippen LogP contribution in [0.5, 0.6) is 0 Å². The van der Waals surface area contributed by atoms with Gasteiger partial charge in [0, 0.05) is 11.8 Å². The third-order valence-corrected chi connectivity index (χ3v) is 3.94. The number of halogens is 4. The summed E-state index contributed by atoms with van der Waals surface area (Å²) < 4.78 is 37.4. The maximum atomic E-state index is 12.5. The molecular formula is C13H11ClF3N3S. The van der Waals surface area contributed by atoms with Crippen LogP contribution in [0.4, 0.5) is 13.2 Å². The molecular weight excluding hydrogens is 323 g/mol. The largest absolute Gasteiger partial charge is 0.417 e. The van der Waals surface area contributed by atoms with Crippen LogP contribution in [0.1, 0.15) is 24.5 Å². The van der Waals surface area contributed by atoms with Crippen molar-refractivity contribution in [3.05, 3.63) is 40.9 Å². The molecule has 0 unspecified atom stereocenters. The van der Waals surface area contributed by atoms with E-state index < -0.39 is 11.7 Å². The van der Waals surface area contributed by atoms with Crippen LogP contribution in [0, 0.1) is 0 Å². The van der Waals surface area contributed by atoms with Gasteiger partial charge >= 0.3 is 6.18 Å². The molecule has 0 radical (unpaired) electrons. The SMILES string of the molecule is CCCc1c(Cl)ncnc1Sc1ccc(C(F)(F)F)cn1. The lowest BCUT2D eigenvalue weighted by atomic mass is 10.2. The summed E-state index contributed by atoms with van der Waals surface area (Å²) in [6, 6.07) is 2.32. The summed E-state index contributed by atoms with van der Waals surface area (Å²) in [6.07, 6.45) is -0.690. The van der Waals surface area contributed by atoms with Crippen LogP contribution in [0.3, 0.4) is 0 Å². The van der Waals surface area contributed by atoms with Gasteiger partial charge in [0.05, 0.1) is 5.56 Å². The molecule has 0 fully saturated rings. The van der Waals surface area contributed by atoms with Crippen LogP contribution in [-0.2, 0) is 12.6 Å². The first-order chi connectivity index (χ1) is 9.91. The molecule has 0 saturated carbocycles. The molecule has 0 spiro atoms. The average Bonchev–Trinajstić information content (AvgIpc) is 2.42. The fraction of sp³-hybridized carbons (Fsp3) is 0.308. The number of nitrogens with zero attached hydrogens (tertiary/aromatic N) is 3. The highest BCUT2D eigenvalue weighted by molar-refractivity contribution is 7.99. The van der Waals surface area contributed by atoms with Crippen LogP contribution < -0.4 is 0 Å². The van der Waals surface area contributed by atoms with E-state index in [0.29, 0.717) is 21.6 Å². The molecule has 0 aliphatic rings. The molecule has 112 valence electrons. The average molecular weight is 334 g/mol. The van der Waals surface area contributed by atoms with E-state index in [2.05, 4.69) is 15.0 Å². The van der Waals surface area contributed by atoms with Crippen molar-refractivity contribution in [1.82, 2.24) is 15.0 Å². The smallest absolute Gasteiger partial charge is 0.249 e. The Morgan fingerprint density at radius 3 is 2.52 bits per heavy atom. The van der Waals surface area contributed by atoms with Gasteiger partial charge in [-0.25, -0.2) is 15.0 Å². The van der Waals surface area contributed by atoms with Gasteiger partial charge in [0.2, 0.25) is 0 Å². The minimum absolute atomic E-state index is 0.362. The lowest BCUT2D eigenvalue weighted by Crippen LogP contribution is -2.05. The topological polar surface area (TPSA) is 38.7 Å². The molecule has 0 aromatic carbocycles. The van der Waals surface area contributed by atoms with E-state index in [1.807, 2.05) is 6.92 Å². The normalized spacial score (nSPS) is 11.7. The number of pyridine rings is 1. The Morgan fingerprint density at radius 1 is 1.19 bits per heavy atom. The summed E-state index contributed by atoms with van der Waals surface area (Å²) >= 11 is 7.20. The highest BCUT2D eigenvalue weighted by Gasteiger charge is 2.30. The first-order valence-corrected chi connectivity index (χ1v) is 7.31. The van der Waals surface area contributed by atoms with Crippen molar-refractivity contribution in [2.45, 2.75) is 36.0 Å². The fourth-order valence-corrected chi connectivity index (χ4v) is 2.78. The molecule has 3 nitrogen and oxygen atoms in total. The zero-order chi connectivity index (χ0) is 15.5. The van der Waals surface area contributed by atoms with E-state index in [1.165, 1.54) is 24.2 Å². The van der Waals surface area contributed by atoms with Crippen molar-refractivity contribution >= 4 is 23.4 Å². The lowest BCUT2D eigenvalue weighted by molar-refractivity contribution is -0.137. The van der Waals surface area contributed by atoms with Crippen LogP contribution in [0.2, 0.25) is 5.15 Å². The van der Waals surface area contributed by atoms with Crippen LogP contribution >= 0.6 is 23.4 Å². The lowest BCUT2D eigenvalue weighted by Gasteiger charge is -2.09. The van der Waals surface area contributed by atoms with Gasteiger partial charge in [-0.1, -0.05) is 24.9 Å². The number of rotatable bonds is 4. The van der Waals surface area contributed by atoms with E-state index in [0.717, 1.165) is 24.2 Å². The van der Waals surface area contributed by atoms with Crippen molar-refractivity contribution in [2.24, 2.45) is 0 Å². The maximum absolute atomic E-state index is 12.5. The van der Waals surface area contributed by atoms with Crippen molar-refractivity contribution in [2.75, 3.05) is 0 Å². The van der Waals surface area contributed by atoms with Gasteiger partial charge in [-0.05, 0) is 30.3 Å². The highest BCUT2D eigenvalue weighted by atomic mass is 35.5. The summed E-state index contributed by atoms with van der Waals surface area (Å²) in [7, 11) is 0. The number of alkyl halides is 3. The minimum Gasteiger partial charge on any atom is -0.249 e.